The van der Waals surface area contributed by atoms with Gasteiger partial charge in [-0.25, -0.2) is 19.2 Å². The van der Waals surface area contributed by atoms with Gasteiger partial charge in [0.2, 0.25) is 0 Å². The zero-order valence-corrected chi connectivity index (χ0v) is 33.4. The largest absolute Gasteiger partial charge is 0.453 e. The van der Waals surface area contributed by atoms with Crippen molar-refractivity contribution in [2.45, 2.75) is 76.4 Å². The predicted molar refractivity (Wildman–Crippen MR) is 214 cm³/mol. The predicted octanol–water partition coefficient (Wildman–Crippen LogP) is 7.36. The Labute approximate surface area is 347 Å². The molecule has 0 radical (unpaired) electrons. The number of hydrogen-bond acceptors (Lipinski definition) is 13. The molecule has 0 unspecified atom stereocenters. The lowest BCUT2D eigenvalue weighted by Crippen LogP contribution is -2.63. The highest BCUT2D eigenvalue weighted by Crippen LogP contribution is 2.37. The van der Waals surface area contributed by atoms with E-state index >= 15 is 0 Å². The molecule has 60 heavy (non-hydrogen) atoms. The summed E-state index contributed by atoms with van der Waals surface area (Å²) in [7, 11) is 0. The van der Waals surface area contributed by atoms with Crippen LogP contribution in [0.1, 0.15) is 68.6 Å². The molecule has 0 aliphatic carbocycles. The molecule has 0 spiro atoms. The summed E-state index contributed by atoms with van der Waals surface area (Å²) < 4.78 is 49.8. The molecule has 0 saturated carbocycles. The Kier molecular flexibility index (Phi) is 15.4. The van der Waals surface area contributed by atoms with Crippen LogP contribution in [0.2, 0.25) is 0 Å². The Morgan fingerprint density at radius 2 is 0.950 bits per heavy atom. The molecule has 6 rings (SSSR count). The Morgan fingerprint density at radius 1 is 0.550 bits per heavy atom. The van der Waals surface area contributed by atoms with Crippen LogP contribution in [-0.2, 0) is 37.9 Å². The summed E-state index contributed by atoms with van der Waals surface area (Å²) in [6.07, 6.45) is -9.01. The molecular weight excluding hydrogens is 775 g/mol. The number of carbonyl (C=O) groups excluding carboxylic acids is 4. The standard InChI is InChI=1S/C45H47N3O12/c1-4-34-28(2)29(3)36(57-40(49)30-17-9-5-10-18-30)44(55-34)54-27-35-37(58-41(50)31-19-11-6-12-20-31)38(59-42(51)32-21-13-7-14-22-32)39(45(56-35)53-26-25-47-48-46)60-43(52)33-23-15-8-16-24-33/h5-24,28-29,34-39,44-45H,4,25-27H2,1-3H3/t28-,29-,34+,35+,36+,37+,38-,39+,44+,45+/m0/s1. The zero-order chi connectivity index (χ0) is 42.4. The van der Waals surface area contributed by atoms with Crippen LogP contribution in [0.25, 0.3) is 10.4 Å². The van der Waals surface area contributed by atoms with E-state index in [9.17, 15) is 19.2 Å². The smallest absolute Gasteiger partial charge is 0.338 e. The van der Waals surface area contributed by atoms with Gasteiger partial charge in [-0.15, -0.1) is 0 Å². The summed E-state index contributed by atoms with van der Waals surface area (Å²) in [5.41, 5.74) is 9.79. The summed E-state index contributed by atoms with van der Waals surface area (Å²) in [5, 5.41) is 3.54. The number of hydrogen-bond donors (Lipinski definition) is 0. The molecule has 2 aliphatic heterocycles. The Bertz CT molecular complexity index is 2070. The first-order valence-electron chi connectivity index (χ1n) is 19.8. The fourth-order valence-electron chi connectivity index (χ4n) is 7.08. The summed E-state index contributed by atoms with van der Waals surface area (Å²) in [5.74, 6) is -3.26. The van der Waals surface area contributed by atoms with Crippen LogP contribution >= 0.6 is 0 Å². The van der Waals surface area contributed by atoms with Gasteiger partial charge in [-0.3, -0.25) is 0 Å². The van der Waals surface area contributed by atoms with Gasteiger partial charge in [0.25, 0.3) is 0 Å². The fourth-order valence-corrected chi connectivity index (χ4v) is 7.08. The third-order valence-corrected chi connectivity index (χ3v) is 10.5. The monoisotopic (exact) mass is 821 g/mol. The molecule has 2 aliphatic rings. The van der Waals surface area contributed by atoms with E-state index in [2.05, 4.69) is 10.0 Å². The lowest BCUT2D eigenvalue weighted by Gasteiger charge is -2.46. The molecule has 0 amide bonds. The second kappa shape index (κ2) is 21.3. The van der Waals surface area contributed by atoms with Crippen LogP contribution in [0.3, 0.4) is 0 Å². The zero-order valence-electron chi connectivity index (χ0n) is 33.4. The summed E-state index contributed by atoms with van der Waals surface area (Å²) in [6.45, 7) is 5.23. The minimum Gasteiger partial charge on any atom is -0.453 e. The van der Waals surface area contributed by atoms with E-state index in [0.717, 1.165) is 0 Å². The summed E-state index contributed by atoms with van der Waals surface area (Å²) in [6, 6.07) is 32.9. The molecule has 15 nitrogen and oxygen atoms in total. The first-order chi connectivity index (χ1) is 29.2. The van der Waals surface area contributed by atoms with Gasteiger partial charge in [0.15, 0.2) is 37.0 Å². The van der Waals surface area contributed by atoms with Crippen molar-refractivity contribution in [2.24, 2.45) is 17.0 Å². The van der Waals surface area contributed by atoms with Crippen LogP contribution in [-0.4, -0.2) is 92.8 Å². The van der Waals surface area contributed by atoms with Crippen LogP contribution < -0.4 is 0 Å². The number of ether oxygens (including phenoxy) is 8. The second-order valence-electron chi connectivity index (χ2n) is 14.3. The van der Waals surface area contributed by atoms with E-state index in [1.807, 2.05) is 20.8 Å². The third kappa shape index (κ3) is 10.9. The number of azide groups is 1. The van der Waals surface area contributed by atoms with Gasteiger partial charge in [-0.2, -0.15) is 0 Å². The highest BCUT2D eigenvalue weighted by molar-refractivity contribution is 5.91. The molecule has 15 heteroatoms. The molecule has 2 saturated heterocycles. The van der Waals surface area contributed by atoms with Gasteiger partial charge in [0, 0.05) is 17.4 Å². The quantitative estimate of drug-likeness (QED) is 0.0273. The number of benzene rings is 4. The number of nitrogens with zero attached hydrogens (tertiary/aromatic N) is 3. The van der Waals surface area contributed by atoms with Crippen LogP contribution in [0.15, 0.2) is 126 Å². The number of carbonyl (C=O) groups is 4. The SMILES string of the molecule is CC[C@H]1O[C@@H](OC[C@H]2O[C@@H](OCCN=[N+]=[N-])[C@H](OC(=O)c3ccccc3)[C@@H](OC(=O)c3ccccc3)[C@@H]2OC(=O)c2ccccc2)[C@H](OC(=O)c2ccccc2)[C@@H](C)[C@@H]1C. The Balaban J connectivity index is 1.38. The third-order valence-electron chi connectivity index (χ3n) is 10.5. The molecule has 314 valence electrons. The normalized spacial score (nSPS) is 26.1. The maximum atomic E-state index is 13.9. The first-order valence-corrected chi connectivity index (χ1v) is 19.8. The van der Waals surface area contributed by atoms with E-state index in [1.54, 1.807) is 97.1 Å². The second-order valence-corrected chi connectivity index (χ2v) is 14.3. The molecule has 4 aromatic carbocycles. The van der Waals surface area contributed by atoms with E-state index in [4.69, 9.17) is 43.4 Å². The van der Waals surface area contributed by atoms with Crippen molar-refractivity contribution in [1.29, 1.82) is 0 Å². The van der Waals surface area contributed by atoms with Gasteiger partial charge >= 0.3 is 23.9 Å². The van der Waals surface area contributed by atoms with Gasteiger partial charge in [-0.1, -0.05) is 98.7 Å². The minimum atomic E-state index is -1.56. The average molecular weight is 822 g/mol. The number of esters is 4. The van der Waals surface area contributed by atoms with E-state index in [1.165, 1.54) is 24.3 Å². The number of rotatable bonds is 16. The lowest BCUT2D eigenvalue weighted by molar-refractivity contribution is -0.319. The van der Waals surface area contributed by atoms with Gasteiger partial charge in [0.05, 0.1) is 41.6 Å². The van der Waals surface area contributed by atoms with Crippen molar-refractivity contribution in [3.8, 4) is 0 Å². The summed E-state index contributed by atoms with van der Waals surface area (Å²) >= 11 is 0. The van der Waals surface area contributed by atoms with Crippen molar-refractivity contribution in [1.82, 2.24) is 0 Å². The van der Waals surface area contributed by atoms with Crippen LogP contribution in [0, 0.1) is 11.8 Å². The summed E-state index contributed by atoms with van der Waals surface area (Å²) in [4.78, 5) is 57.7. The van der Waals surface area contributed by atoms with Crippen molar-refractivity contribution in [3.05, 3.63) is 154 Å². The Morgan fingerprint density at radius 3 is 1.40 bits per heavy atom. The van der Waals surface area contributed by atoms with E-state index < -0.39 is 67.0 Å². The molecular formula is C45H47N3O12. The maximum Gasteiger partial charge on any atom is 0.338 e. The maximum absolute atomic E-state index is 13.9. The van der Waals surface area contributed by atoms with Crippen molar-refractivity contribution >= 4 is 23.9 Å². The molecule has 2 fully saturated rings. The lowest BCUT2D eigenvalue weighted by atomic mass is 9.82. The Hall–Kier alpha value is -6.09. The molecule has 4 aromatic rings. The van der Waals surface area contributed by atoms with Crippen molar-refractivity contribution in [3.63, 3.8) is 0 Å². The highest BCUT2D eigenvalue weighted by Gasteiger charge is 2.54. The van der Waals surface area contributed by atoms with Gasteiger partial charge < -0.3 is 37.9 Å². The van der Waals surface area contributed by atoms with Crippen molar-refractivity contribution < 1.29 is 57.1 Å². The topological polar surface area (TPSA) is 191 Å². The van der Waals surface area contributed by atoms with Gasteiger partial charge in [-0.05, 0) is 66.4 Å². The first kappa shape index (κ1) is 43.5. The van der Waals surface area contributed by atoms with E-state index in [-0.39, 0.29) is 54.4 Å². The highest BCUT2D eigenvalue weighted by atomic mass is 16.7. The van der Waals surface area contributed by atoms with Crippen molar-refractivity contribution in [2.75, 3.05) is 19.8 Å². The average Bonchev–Trinajstić information content (AvgIpc) is 3.29. The van der Waals surface area contributed by atoms with Crippen LogP contribution in [0.4, 0.5) is 0 Å². The fraction of sp³-hybridized carbons (Fsp3) is 0.378. The minimum absolute atomic E-state index is 0.0235. The molecule has 10 atom stereocenters. The van der Waals surface area contributed by atoms with Gasteiger partial charge in [0.1, 0.15) is 6.10 Å². The molecule has 0 bridgehead atoms. The van der Waals surface area contributed by atoms with E-state index in [0.29, 0.717) is 12.0 Å². The van der Waals surface area contributed by atoms with Crippen LogP contribution in [0.5, 0.6) is 0 Å². The molecule has 0 N–H and O–H groups in total. The molecule has 0 aromatic heterocycles. The molecule has 2 heterocycles.